The van der Waals surface area contributed by atoms with Crippen molar-refractivity contribution in [1.82, 2.24) is 0 Å². The molecule has 0 bridgehead atoms. The van der Waals surface area contributed by atoms with Gasteiger partial charge in [0.2, 0.25) is 0 Å². The van der Waals surface area contributed by atoms with Crippen LogP contribution in [0.4, 0.5) is 0 Å². The van der Waals surface area contributed by atoms with Gasteiger partial charge in [-0.2, -0.15) is 0 Å². The fraction of sp³-hybridized carbons (Fsp3) is 0.273. The zero-order valence-corrected chi connectivity index (χ0v) is 9.78. The summed E-state index contributed by atoms with van der Waals surface area (Å²) < 4.78 is 0. The van der Waals surface area contributed by atoms with Crippen molar-refractivity contribution in [2.75, 3.05) is 0 Å². The van der Waals surface area contributed by atoms with Crippen LogP contribution in [0.15, 0.2) is 22.9 Å². The molecule has 1 atom stereocenters. The van der Waals surface area contributed by atoms with Crippen LogP contribution >= 0.6 is 22.7 Å². The summed E-state index contributed by atoms with van der Waals surface area (Å²) >= 11 is 3.30. The van der Waals surface area contributed by atoms with Crippen LogP contribution < -0.4 is 0 Å². The van der Waals surface area contributed by atoms with Crippen LogP contribution in [0.25, 0.3) is 0 Å². The summed E-state index contributed by atoms with van der Waals surface area (Å²) in [6.07, 6.45) is -0.444. The van der Waals surface area contributed by atoms with E-state index in [9.17, 15) is 5.11 Å². The molecule has 0 amide bonds. The molecule has 2 rings (SSSR count). The summed E-state index contributed by atoms with van der Waals surface area (Å²) in [7, 11) is 0. The van der Waals surface area contributed by atoms with Crippen LogP contribution in [-0.4, -0.2) is 5.11 Å². The molecule has 2 heterocycles. The van der Waals surface area contributed by atoms with Crippen molar-refractivity contribution in [2.24, 2.45) is 0 Å². The quantitative estimate of drug-likeness (QED) is 0.827. The topological polar surface area (TPSA) is 20.2 Å². The number of aliphatic hydroxyl groups excluding tert-OH is 1. The van der Waals surface area contributed by atoms with E-state index in [-0.39, 0.29) is 0 Å². The van der Waals surface area contributed by atoms with E-state index in [1.165, 1.54) is 10.4 Å². The first-order valence-electron chi connectivity index (χ1n) is 4.46. The van der Waals surface area contributed by atoms with Gasteiger partial charge in [-0.3, -0.25) is 0 Å². The van der Waals surface area contributed by atoms with Gasteiger partial charge in [0.15, 0.2) is 0 Å². The van der Waals surface area contributed by atoms with Crippen molar-refractivity contribution in [3.63, 3.8) is 0 Å². The molecule has 74 valence electrons. The molecule has 2 aromatic heterocycles. The highest BCUT2D eigenvalue weighted by Crippen LogP contribution is 2.32. The van der Waals surface area contributed by atoms with Gasteiger partial charge in [0.25, 0.3) is 0 Å². The summed E-state index contributed by atoms with van der Waals surface area (Å²) in [5.74, 6) is 0. The molecule has 0 aromatic carbocycles. The predicted octanol–water partition coefficient (Wildman–Crippen LogP) is 3.51. The number of aryl methyl sites for hydroxylation is 1. The highest BCUT2D eigenvalue weighted by Gasteiger charge is 2.15. The number of thiophene rings is 2. The Morgan fingerprint density at radius 2 is 2.07 bits per heavy atom. The Morgan fingerprint density at radius 3 is 2.57 bits per heavy atom. The third-order valence-electron chi connectivity index (χ3n) is 2.43. The monoisotopic (exact) mass is 224 g/mol. The van der Waals surface area contributed by atoms with Crippen LogP contribution in [0.2, 0.25) is 0 Å². The minimum absolute atomic E-state index is 0.444. The molecule has 0 radical (unpaired) electrons. The smallest absolute Gasteiger partial charge is 0.114 e. The fourth-order valence-corrected chi connectivity index (χ4v) is 3.03. The van der Waals surface area contributed by atoms with E-state index in [1.54, 1.807) is 22.7 Å². The largest absolute Gasteiger partial charge is 0.383 e. The summed E-state index contributed by atoms with van der Waals surface area (Å²) in [5.41, 5.74) is 2.27. The molecule has 0 saturated carbocycles. The molecule has 14 heavy (non-hydrogen) atoms. The van der Waals surface area contributed by atoms with Crippen molar-refractivity contribution in [1.29, 1.82) is 0 Å². The summed E-state index contributed by atoms with van der Waals surface area (Å²) in [5, 5.41) is 14.1. The highest BCUT2D eigenvalue weighted by atomic mass is 32.1. The molecule has 3 heteroatoms. The molecule has 0 saturated heterocycles. The van der Waals surface area contributed by atoms with Gasteiger partial charge < -0.3 is 5.11 Å². The van der Waals surface area contributed by atoms with Crippen molar-refractivity contribution >= 4 is 22.7 Å². The maximum Gasteiger partial charge on any atom is 0.114 e. The lowest BCUT2D eigenvalue weighted by Gasteiger charge is -2.07. The maximum atomic E-state index is 10.1. The molecule has 0 aliphatic heterocycles. The first-order valence-corrected chi connectivity index (χ1v) is 6.22. The third-order valence-corrected chi connectivity index (χ3v) is 4.39. The second kappa shape index (κ2) is 3.85. The third kappa shape index (κ3) is 1.63. The van der Waals surface area contributed by atoms with Gasteiger partial charge in [-0.1, -0.05) is 6.07 Å². The summed E-state index contributed by atoms with van der Waals surface area (Å²) in [6.45, 7) is 4.16. The Morgan fingerprint density at radius 1 is 1.29 bits per heavy atom. The van der Waals surface area contributed by atoms with Crippen LogP contribution in [0, 0.1) is 13.8 Å². The van der Waals surface area contributed by atoms with Gasteiger partial charge in [-0.15, -0.1) is 22.7 Å². The van der Waals surface area contributed by atoms with Crippen molar-refractivity contribution in [3.8, 4) is 0 Å². The SMILES string of the molecule is Cc1scc(C(O)c2cccs2)c1C. The number of aliphatic hydroxyl groups is 1. The van der Waals surface area contributed by atoms with Crippen molar-refractivity contribution < 1.29 is 5.11 Å². The Hall–Kier alpha value is -0.640. The van der Waals surface area contributed by atoms with Crippen LogP contribution in [0.5, 0.6) is 0 Å². The molecule has 2 aromatic rings. The van der Waals surface area contributed by atoms with E-state index >= 15 is 0 Å². The van der Waals surface area contributed by atoms with E-state index < -0.39 is 6.10 Å². The number of hydrogen-bond acceptors (Lipinski definition) is 3. The maximum absolute atomic E-state index is 10.1. The van der Waals surface area contributed by atoms with Gasteiger partial charge in [-0.25, -0.2) is 0 Å². The Labute approximate surface area is 91.7 Å². The number of hydrogen-bond donors (Lipinski definition) is 1. The second-order valence-corrected chi connectivity index (χ2v) is 5.35. The first-order chi connectivity index (χ1) is 6.70. The second-order valence-electron chi connectivity index (χ2n) is 3.29. The zero-order chi connectivity index (χ0) is 10.1. The summed E-state index contributed by atoms with van der Waals surface area (Å²) in [6, 6.07) is 3.94. The highest BCUT2D eigenvalue weighted by molar-refractivity contribution is 7.10. The lowest BCUT2D eigenvalue weighted by molar-refractivity contribution is 0.224. The Balaban J connectivity index is 2.36. The van der Waals surface area contributed by atoms with Crippen LogP contribution in [-0.2, 0) is 0 Å². The number of rotatable bonds is 2. The molecular formula is C11H12OS2. The molecule has 1 nitrogen and oxygen atoms in total. The molecule has 0 aliphatic rings. The molecule has 1 unspecified atom stereocenters. The minimum Gasteiger partial charge on any atom is -0.383 e. The predicted molar refractivity (Wildman–Crippen MR) is 62.2 cm³/mol. The lowest BCUT2D eigenvalue weighted by Crippen LogP contribution is -1.97. The van der Waals surface area contributed by atoms with Gasteiger partial charge in [0.05, 0.1) is 0 Å². The zero-order valence-electron chi connectivity index (χ0n) is 8.15. The lowest BCUT2D eigenvalue weighted by atomic mass is 10.1. The van der Waals surface area contributed by atoms with E-state index in [2.05, 4.69) is 19.2 Å². The average molecular weight is 224 g/mol. The van der Waals surface area contributed by atoms with E-state index in [0.29, 0.717) is 0 Å². The van der Waals surface area contributed by atoms with Crippen LogP contribution in [0.3, 0.4) is 0 Å². The van der Waals surface area contributed by atoms with Crippen molar-refractivity contribution in [2.45, 2.75) is 20.0 Å². The van der Waals surface area contributed by atoms with E-state index in [0.717, 1.165) is 10.4 Å². The van der Waals surface area contributed by atoms with Gasteiger partial charge in [0, 0.05) is 9.75 Å². The molecule has 0 spiro atoms. The summed E-state index contributed by atoms with van der Waals surface area (Å²) in [4.78, 5) is 2.31. The molecular weight excluding hydrogens is 212 g/mol. The van der Waals surface area contributed by atoms with Gasteiger partial charge in [-0.05, 0) is 41.8 Å². The normalized spacial score (nSPS) is 13.1. The molecule has 0 aliphatic carbocycles. The molecule has 1 N–H and O–H groups in total. The Kier molecular flexibility index (Phi) is 2.72. The van der Waals surface area contributed by atoms with Crippen molar-refractivity contribution in [3.05, 3.63) is 43.8 Å². The Bertz CT molecular complexity index is 414. The average Bonchev–Trinajstić information content (AvgIpc) is 2.77. The van der Waals surface area contributed by atoms with E-state index in [1.807, 2.05) is 17.5 Å². The van der Waals surface area contributed by atoms with Crippen LogP contribution in [0.1, 0.15) is 27.0 Å². The van der Waals surface area contributed by atoms with E-state index in [4.69, 9.17) is 0 Å². The van der Waals surface area contributed by atoms with Gasteiger partial charge in [0.1, 0.15) is 6.10 Å². The minimum atomic E-state index is -0.444. The van der Waals surface area contributed by atoms with Gasteiger partial charge >= 0.3 is 0 Å². The first kappa shape index (κ1) is 9.90. The standard InChI is InChI=1S/C11H12OS2/c1-7-8(2)14-6-9(7)11(12)10-4-3-5-13-10/h3-6,11-12H,1-2H3. The fourth-order valence-electron chi connectivity index (χ4n) is 1.40. The molecule has 0 fully saturated rings.